The predicted molar refractivity (Wildman–Crippen MR) is 53.7 cm³/mol. The van der Waals surface area contributed by atoms with Gasteiger partial charge in [-0.15, -0.1) is 11.6 Å². The molecule has 0 saturated heterocycles. The second-order valence-electron chi connectivity index (χ2n) is 3.11. The Labute approximate surface area is 106 Å². The van der Waals surface area contributed by atoms with Crippen LogP contribution in [0.2, 0.25) is 0 Å². The van der Waals surface area contributed by atoms with Gasteiger partial charge < -0.3 is 0 Å². The van der Waals surface area contributed by atoms with E-state index in [2.05, 4.69) is 15.9 Å². The highest BCUT2D eigenvalue weighted by Crippen LogP contribution is 2.41. The summed E-state index contributed by atoms with van der Waals surface area (Å²) in [6, 6.07) is 1.15. The number of halogens is 8. The zero-order valence-corrected chi connectivity index (χ0v) is 10.2. The molecule has 0 aliphatic carbocycles. The van der Waals surface area contributed by atoms with E-state index >= 15 is 0 Å². The summed E-state index contributed by atoms with van der Waals surface area (Å²) in [6.07, 6.45) is -9.76. The summed E-state index contributed by atoms with van der Waals surface area (Å²) in [6.45, 7) is 0. The lowest BCUT2D eigenvalue weighted by Gasteiger charge is -2.17. The van der Waals surface area contributed by atoms with Crippen molar-refractivity contribution >= 4 is 27.5 Å². The number of hydrogen-bond donors (Lipinski definition) is 0. The topological polar surface area (TPSA) is 0 Å². The van der Waals surface area contributed by atoms with Gasteiger partial charge in [0.1, 0.15) is 0 Å². The third kappa shape index (κ3) is 3.28. The zero-order chi connectivity index (χ0) is 13.4. The van der Waals surface area contributed by atoms with Crippen molar-refractivity contribution in [3.63, 3.8) is 0 Å². The van der Waals surface area contributed by atoms with Gasteiger partial charge in [0, 0.05) is 10.4 Å². The van der Waals surface area contributed by atoms with Gasteiger partial charge >= 0.3 is 12.4 Å². The van der Waals surface area contributed by atoms with Crippen molar-refractivity contribution < 1.29 is 26.3 Å². The van der Waals surface area contributed by atoms with E-state index in [1.807, 2.05) is 0 Å². The molecule has 1 aromatic carbocycles. The van der Waals surface area contributed by atoms with E-state index in [1.54, 1.807) is 0 Å². The molecule has 1 aromatic rings. The summed E-state index contributed by atoms with van der Waals surface area (Å²) in [7, 11) is 0. The summed E-state index contributed by atoms with van der Waals surface area (Å²) in [5, 5.41) is 0. The molecule has 0 radical (unpaired) electrons. The summed E-state index contributed by atoms with van der Waals surface area (Å²) < 4.78 is 74.9. The molecule has 0 spiro atoms. The largest absolute Gasteiger partial charge is 0.416 e. The maximum Gasteiger partial charge on any atom is 0.416 e. The maximum atomic E-state index is 12.5. The highest BCUT2D eigenvalue weighted by molar-refractivity contribution is 9.10. The summed E-state index contributed by atoms with van der Waals surface area (Å²) in [4.78, 5) is 0. The van der Waals surface area contributed by atoms with Crippen molar-refractivity contribution in [2.45, 2.75) is 18.2 Å². The van der Waals surface area contributed by atoms with Crippen molar-refractivity contribution in [2.75, 3.05) is 0 Å². The van der Waals surface area contributed by atoms with Crippen molar-refractivity contribution in [3.05, 3.63) is 33.3 Å². The van der Waals surface area contributed by atoms with Crippen LogP contribution >= 0.6 is 27.5 Å². The SMILES string of the molecule is FC(F)(F)c1cc(Br)cc(C(F)(F)F)c1CCl. The van der Waals surface area contributed by atoms with Crippen LogP contribution in [-0.4, -0.2) is 0 Å². The van der Waals surface area contributed by atoms with Gasteiger partial charge in [0.2, 0.25) is 0 Å². The number of hydrogen-bond acceptors (Lipinski definition) is 0. The quantitative estimate of drug-likeness (QED) is 0.485. The van der Waals surface area contributed by atoms with Crippen molar-refractivity contribution in [2.24, 2.45) is 0 Å². The maximum absolute atomic E-state index is 12.5. The van der Waals surface area contributed by atoms with Gasteiger partial charge in [0.05, 0.1) is 11.1 Å². The van der Waals surface area contributed by atoms with Gasteiger partial charge in [-0.1, -0.05) is 15.9 Å². The summed E-state index contributed by atoms with van der Waals surface area (Å²) >= 11 is 7.80. The van der Waals surface area contributed by atoms with Crippen molar-refractivity contribution in [1.82, 2.24) is 0 Å². The minimum atomic E-state index is -4.88. The second-order valence-corrected chi connectivity index (χ2v) is 4.29. The third-order valence-electron chi connectivity index (χ3n) is 1.96. The fourth-order valence-electron chi connectivity index (χ4n) is 1.29. The molecular formula is C9H4BrClF6. The Morgan fingerprint density at radius 2 is 1.29 bits per heavy atom. The molecule has 17 heavy (non-hydrogen) atoms. The van der Waals surface area contributed by atoms with E-state index < -0.39 is 34.9 Å². The fraction of sp³-hybridized carbons (Fsp3) is 0.333. The molecule has 1 rings (SSSR count). The lowest BCUT2D eigenvalue weighted by atomic mass is 10.0. The normalized spacial score (nSPS) is 12.9. The van der Waals surface area contributed by atoms with Crippen LogP contribution in [0.4, 0.5) is 26.3 Å². The Balaban J connectivity index is 3.58. The second kappa shape index (κ2) is 4.68. The van der Waals surface area contributed by atoms with Gasteiger partial charge in [-0.3, -0.25) is 0 Å². The highest BCUT2D eigenvalue weighted by Gasteiger charge is 2.40. The fourth-order valence-corrected chi connectivity index (χ4v) is 2.03. The van der Waals surface area contributed by atoms with Crippen LogP contribution in [-0.2, 0) is 18.2 Å². The average molecular weight is 341 g/mol. The Morgan fingerprint density at radius 3 is 1.53 bits per heavy atom. The Bertz CT molecular complexity index is 387. The molecule has 0 saturated carbocycles. The predicted octanol–water partition coefficient (Wildman–Crippen LogP) is 5.23. The first kappa shape index (κ1) is 14.6. The number of rotatable bonds is 1. The molecular weight excluding hydrogens is 337 g/mol. The molecule has 0 aliphatic rings. The standard InChI is InChI=1S/C9H4BrClF6/c10-4-1-6(8(12,13)14)5(3-11)7(2-4)9(15,16)17/h1-2H,3H2. The van der Waals surface area contributed by atoms with Crippen molar-refractivity contribution in [1.29, 1.82) is 0 Å². The molecule has 8 heteroatoms. The lowest BCUT2D eigenvalue weighted by Crippen LogP contribution is -2.16. The van der Waals surface area contributed by atoms with E-state index in [9.17, 15) is 26.3 Å². The molecule has 0 fully saturated rings. The van der Waals surface area contributed by atoms with E-state index in [0.29, 0.717) is 12.1 Å². The monoisotopic (exact) mass is 340 g/mol. The van der Waals surface area contributed by atoms with Crippen LogP contribution in [0.15, 0.2) is 16.6 Å². The van der Waals surface area contributed by atoms with Gasteiger partial charge in [0.25, 0.3) is 0 Å². The van der Waals surface area contributed by atoms with Crippen LogP contribution in [0, 0.1) is 0 Å². The molecule has 0 amide bonds. The molecule has 0 unspecified atom stereocenters. The average Bonchev–Trinajstić information content (AvgIpc) is 2.13. The van der Waals surface area contributed by atoms with E-state index in [4.69, 9.17) is 11.6 Å². The Morgan fingerprint density at radius 1 is 0.941 bits per heavy atom. The Hall–Kier alpha value is -0.430. The molecule has 0 N–H and O–H groups in total. The van der Waals surface area contributed by atoms with Crippen LogP contribution in [0.1, 0.15) is 16.7 Å². The van der Waals surface area contributed by atoms with Crippen LogP contribution in [0.5, 0.6) is 0 Å². The van der Waals surface area contributed by atoms with E-state index in [1.165, 1.54) is 0 Å². The molecule has 0 heterocycles. The molecule has 0 aromatic heterocycles. The minimum absolute atomic E-state index is 0.300. The first-order chi connectivity index (χ1) is 7.57. The summed E-state index contributed by atoms with van der Waals surface area (Å²) in [5.74, 6) is -0.864. The summed E-state index contributed by atoms with van der Waals surface area (Å²) in [5.41, 5.74) is -3.72. The van der Waals surface area contributed by atoms with Crippen molar-refractivity contribution in [3.8, 4) is 0 Å². The van der Waals surface area contributed by atoms with Crippen LogP contribution < -0.4 is 0 Å². The molecule has 0 bridgehead atoms. The van der Waals surface area contributed by atoms with Crippen LogP contribution in [0.25, 0.3) is 0 Å². The molecule has 0 nitrogen and oxygen atoms in total. The Kier molecular flexibility index (Phi) is 4.03. The van der Waals surface area contributed by atoms with E-state index in [0.717, 1.165) is 0 Å². The minimum Gasteiger partial charge on any atom is -0.166 e. The van der Waals surface area contributed by atoms with Gasteiger partial charge in [-0.2, -0.15) is 26.3 Å². The smallest absolute Gasteiger partial charge is 0.166 e. The number of benzene rings is 1. The molecule has 0 aliphatic heterocycles. The molecule has 0 atom stereocenters. The lowest BCUT2D eigenvalue weighted by molar-refractivity contribution is -0.144. The van der Waals surface area contributed by atoms with E-state index in [-0.39, 0.29) is 4.47 Å². The van der Waals surface area contributed by atoms with Gasteiger partial charge in [-0.25, -0.2) is 0 Å². The number of alkyl halides is 7. The zero-order valence-electron chi connectivity index (χ0n) is 7.89. The first-order valence-corrected chi connectivity index (χ1v) is 5.43. The molecule has 96 valence electrons. The first-order valence-electron chi connectivity index (χ1n) is 4.10. The van der Waals surface area contributed by atoms with Crippen LogP contribution in [0.3, 0.4) is 0 Å². The highest BCUT2D eigenvalue weighted by atomic mass is 79.9. The van der Waals surface area contributed by atoms with Gasteiger partial charge in [0.15, 0.2) is 0 Å². The third-order valence-corrected chi connectivity index (χ3v) is 2.68. The van der Waals surface area contributed by atoms with Gasteiger partial charge in [-0.05, 0) is 17.7 Å².